The molecular formula is C20H27N3O3. The maximum absolute atomic E-state index is 12.6. The fourth-order valence-electron chi connectivity index (χ4n) is 2.43. The molecule has 0 aliphatic carbocycles. The Morgan fingerprint density at radius 1 is 1.12 bits per heavy atom. The quantitative estimate of drug-likeness (QED) is 0.801. The molecule has 2 amide bonds. The molecule has 0 spiro atoms. The van der Waals surface area contributed by atoms with E-state index in [1.807, 2.05) is 44.2 Å². The zero-order valence-electron chi connectivity index (χ0n) is 16.1. The van der Waals surface area contributed by atoms with Crippen molar-refractivity contribution in [1.29, 1.82) is 0 Å². The van der Waals surface area contributed by atoms with Crippen molar-refractivity contribution in [3.63, 3.8) is 0 Å². The molecule has 2 rings (SSSR count). The van der Waals surface area contributed by atoms with Gasteiger partial charge < -0.3 is 15.4 Å². The molecule has 2 N–H and O–H groups in total. The van der Waals surface area contributed by atoms with Crippen LogP contribution in [0.2, 0.25) is 0 Å². The minimum absolute atomic E-state index is 0.184. The highest BCUT2D eigenvalue weighted by Crippen LogP contribution is 2.22. The van der Waals surface area contributed by atoms with Crippen LogP contribution in [0.15, 0.2) is 30.3 Å². The number of para-hydroxylation sites is 1. The Morgan fingerprint density at radius 2 is 1.77 bits per heavy atom. The van der Waals surface area contributed by atoms with Gasteiger partial charge in [0.1, 0.15) is 5.60 Å². The maximum Gasteiger partial charge on any atom is 0.407 e. The number of nitrogens with one attached hydrogen (secondary N) is 2. The Morgan fingerprint density at radius 3 is 2.42 bits per heavy atom. The van der Waals surface area contributed by atoms with Gasteiger partial charge in [-0.25, -0.2) is 4.79 Å². The van der Waals surface area contributed by atoms with E-state index in [1.165, 1.54) is 0 Å². The van der Waals surface area contributed by atoms with Crippen LogP contribution in [0, 0.1) is 0 Å². The first-order valence-corrected chi connectivity index (χ1v) is 8.82. The molecule has 1 heterocycles. The highest BCUT2D eigenvalue weighted by Gasteiger charge is 2.16. The molecule has 1 aromatic heterocycles. The van der Waals surface area contributed by atoms with Gasteiger partial charge in [-0.05, 0) is 38.8 Å². The van der Waals surface area contributed by atoms with Crippen LogP contribution in [-0.4, -0.2) is 35.7 Å². The monoisotopic (exact) mass is 357 g/mol. The Labute approximate surface area is 154 Å². The van der Waals surface area contributed by atoms with Gasteiger partial charge in [-0.3, -0.25) is 9.78 Å². The van der Waals surface area contributed by atoms with Gasteiger partial charge in [-0.2, -0.15) is 0 Å². The minimum Gasteiger partial charge on any atom is -0.444 e. The van der Waals surface area contributed by atoms with Crippen LogP contribution >= 0.6 is 0 Å². The van der Waals surface area contributed by atoms with E-state index in [1.54, 1.807) is 20.8 Å². The van der Waals surface area contributed by atoms with Gasteiger partial charge in [-0.15, -0.1) is 0 Å². The molecule has 26 heavy (non-hydrogen) atoms. The molecule has 0 unspecified atom stereocenters. The van der Waals surface area contributed by atoms with Gasteiger partial charge in [-0.1, -0.05) is 32.0 Å². The summed E-state index contributed by atoms with van der Waals surface area (Å²) in [6.07, 6.45) is -0.497. The van der Waals surface area contributed by atoms with E-state index < -0.39 is 11.7 Å². The van der Waals surface area contributed by atoms with Crippen LogP contribution in [0.4, 0.5) is 4.79 Å². The molecule has 6 heteroatoms. The van der Waals surface area contributed by atoms with Gasteiger partial charge in [0.25, 0.3) is 5.91 Å². The molecule has 0 aliphatic heterocycles. The molecule has 0 fully saturated rings. The largest absolute Gasteiger partial charge is 0.444 e. The second-order valence-corrected chi connectivity index (χ2v) is 7.45. The summed E-state index contributed by atoms with van der Waals surface area (Å²) in [7, 11) is 0. The normalized spacial score (nSPS) is 11.5. The summed E-state index contributed by atoms with van der Waals surface area (Å²) in [4.78, 5) is 28.9. The number of carbonyl (C=O) groups excluding carboxylic acids is 2. The number of hydrogen-bond acceptors (Lipinski definition) is 4. The van der Waals surface area contributed by atoms with Crippen LogP contribution < -0.4 is 10.6 Å². The predicted molar refractivity (Wildman–Crippen MR) is 102 cm³/mol. The van der Waals surface area contributed by atoms with Crippen LogP contribution in [-0.2, 0) is 4.74 Å². The lowest BCUT2D eigenvalue weighted by molar-refractivity contribution is 0.0526. The number of hydrogen-bond donors (Lipinski definition) is 2. The molecule has 0 bridgehead atoms. The Hall–Kier alpha value is -2.63. The molecule has 0 atom stereocenters. The van der Waals surface area contributed by atoms with Crippen molar-refractivity contribution in [2.24, 2.45) is 0 Å². The number of carbonyl (C=O) groups is 2. The van der Waals surface area contributed by atoms with E-state index >= 15 is 0 Å². The fraction of sp³-hybridized carbons (Fsp3) is 0.450. The van der Waals surface area contributed by atoms with Crippen LogP contribution in [0.1, 0.15) is 56.6 Å². The number of ether oxygens (including phenoxy) is 1. The lowest BCUT2D eigenvalue weighted by atomic mass is 10.0. The van der Waals surface area contributed by atoms with Crippen molar-refractivity contribution in [2.45, 2.75) is 46.1 Å². The molecule has 0 aliphatic rings. The highest BCUT2D eigenvalue weighted by molar-refractivity contribution is 6.06. The molecular weight excluding hydrogens is 330 g/mol. The van der Waals surface area contributed by atoms with E-state index in [4.69, 9.17) is 4.74 Å². The second-order valence-electron chi connectivity index (χ2n) is 7.45. The number of nitrogens with zero attached hydrogens (tertiary/aromatic N) is 1. The molecule has 0 radical (unpaired) electrons. The number of aromatic nitrogens is 1. The van der Waals surface area contributed by atoms with Crippen LogP contribution in [0.5, 0.6) is 0 Å². The zero-order valence-corrected chi connectivity index (χ0v) is 16.1. The van der Waals surface area contributed by atoms with Crippen LogP contribution in [0.25, 0.3) is 10.9 Å². The number of pyridine rings is 1. The second kappa shape index (κ2) is 8.17. The minimum atomic E-state index is -0.545. The van der Waals surface area contributed by atoms with Gasteiger partial charge >= 0.3 is 6.09 Å². The van der Waals surface area contributed by atoms with Gasteiger partial charge in [0.15, 0.2) is 0 Å². The van der Waals surface area contributed by atoms with E-state index in [9.17, 15) is 9.59 Å². The van der Waals surface area contributed by atoms with Gasteiger partial charge in [0.2, 0.25) is 0 Å². The smallest absolute Gasteiger partial charge is 0.407 e. The third-order valence-electron chi connectivity index (χ3n) is 3.65. The van der Waals surface area contributed by atoms with E-state index in [-0.39, 0.29) is 11.8 Å². The summed E-state index contributed by atoms with van der Waals surface area (Å²) in [5.74, 6) is 0.0384. The van der Waals surface area contributed by atoms with Crippen molar-refractivity contribution in [2.75, 3.05) is 13.1 Å². The van der Waals surface area contributed by atoms with Gasteiger partial charge in [0, 0.05) is 24.2 Å². The number of amides is 2. The van der Waals surface area contributed by atoms with Crippen molar-refractivity contribution < 1.29 is 14.3 Å². The summed E-state index contributed by atoms with van der Waals surface area (Å²) < 4.78 is 5.16. The molecule has 1 aromatic carbocycles. The number of benzene rings is 1. The Balaban J connectivity index is 2.02. The molecule has 2 aromatic rings. The number of alkyl carbamates (subject to hydrolysis) is 1. The summed E-state index contributed by atoms with van der Waals surface area (Å²) in [6, 6.07) is 9.43. The average molecular weight is 357 g/mol. The topological polar surface area (TPSA) is 80.3 Å². The lowest BCUT2D eigenvalue weighted by Crippen LogP contribution is -2.37. The number of rotatable bonds is 5. The fourth-order valence-corrected chi connectivity index (χ4v) is 2.43. The highest BCUT2D eigenvalue weighted by atomic mass is 16.6. The van der Waals surface area contributed by atoms with Crippen molar-refractivity contribution in [3.8, 4) is 0 Å². The number of fused-ring (bicyclic) bond motifs is 1. The van der Waals surface area contributed by atoms with Crippen molar-refractivity contribution in [1.82, 2.24) is 15.6 Å². The zero-order chi connectivity index (χ0) is 19.3. The first-order chi connectivity index (χ1) is 12.2. The standard InChI is InChI=1S/C20H27N3O3/c1-13(2)17-12-15(14-8-6-7-9-16(14)23-17)18(24)21-10-11-22-19(25)26-20(3,4)5/h6-9,12-13H,10-11H2,1-5H3,(H,21,24)(H,22,25). The first kappa shape index (κ1) is 19.7. The van der Waals surface area contributed by atoms with Crippen LogP contribution in [0.3, 0.4) is 0 Å². The first-order valence-electron chi connectivity index (χ1n) is 8.82. The summed E-state index contributed by atoms with van der Waals surface area (Å²) in [5, 5.41) is 6.28. The predicted octanol–water partition coefficient (Wildman–Crippen LogP) is 3.61. The maximum atomic E-state index is 12.6. The van der Waals surface area contributed by atoms with Crippen molar-refractivity contribution in [3.05, 3.63) is 41.6 Å². The molecule has 0 saturated heterocycles. The lowest BCUT2D eigenvalue weighted by Gasteiger charge is -2.19. The molecule has 0 saturated carbocycles. The van der Waals surface area contributed by atoms with Crippen molar-refractivity contribution >= 4 is 22.9 Å². The molecule has 6 nitrogen and oxygen atoms in total. The third kappa shape index (κ3) is 5.44. The summed E-state index contributed by atoms with van der Waals surface area (Å²) in [5.41, 5.74) is 1.73. The SMILES string of the molecule is CC(C)c1cc(C(=O)NCCNC(=O)OC(C)(C)C)c2ccccc2n1. The third-order valence-corrected chi connectivity index (χ3v) is 3.65. The van der Waals surface area contributed by atoms with E-state index in [2.05, 4.69) is 15.6 Å². The summed E-state index contributed by atoms with van der Waals surface area (Å²) >= 11 is 0. The van der Waals surface area contributed by atoms with Gasteiger partial charge in [0.05, 0.1) is 11.1 Å². The average Bonchev–Trinajstić information content (AvgIpc) is 2.55. The Kier molecular flexibility index (Phi) is 6.18. The van der Waals surface area contributed by atoms with E-state index in [0.717, 1.165) is 16.6 Å². The molecule has 140 valence electrons. The summed E-state index contributed by atoms with van der Waals surface area (Å²) in [6.45, 7) is 10.1. The Bertz CT molecular complexity index is 794. The van der Waals surface area contributed by atoms with E-state index in [0.29, 0.717) is 18.7 Å².